The summed E-state index contributed by atoms with van der Waals surface area (Å²) in [5, 5.41) is 17.3. The van der Waals surface area contributed by atoms with Crippen LogP contribution in [0.5, 0.6) is 0 Å². The van der Waals surface area contributed by atoms with Crippen LogP contribution in [0.15, 0.2) is 39.2 Å². The minimum Gasteiger partial charge on any atom is -0.266 e. The smallest absolute Gasteiger partial charge is 0.266 e. The number of hydrogen-bond acceptors (Lipinski definition) is 7. The molecule has 0 atom stereocenters. The average Bonchev–Trinajstić information content (AvgIpc) is 2.69. The van der Waals surface area contributed by atoms with Gasteiger partial charge in [-0.15, -0.1) is 0 Å². The molecule has 140 valence electrons. The molecule has 0 saturated carbocycles. The van der Waals surface area contributed by atoms with Crippen molar-refractivity contribution in [3.05, 3.63) is 51.4 Å². The third-order valence-electron chi connectivity index (χ3n) is 3.42. The van der Waals surface area contributed by atoms with Gasteiger partial charge in [-0.05, 0) is 17.7 Å². The quantitative estimate of drug-likeness (QED) is 0.746. The zero-order valence-corrected chi connectivity index (χ0v) is 14.7. The number of anilines is 1. The second-order valence-corrected chi connectivity index (χ2v) is 7.35. The number of nitrogens with zero attached hydrogens (tertiary/aromatic N) is 5. The molecule has 1 aliphatic heterocycles. The maximum atomic E-state index is 12.9. The number of halogens is 3. The number of fused-ring (bicyclic) bond motifs is 1. The standard InChI is InChI=1S/C16H12F3N5OS2/c1-23-12-7-21-24(2)14(25)13(12)27-15(22-23)26-8-9-3-4-11(16(17,18)19)5-10(9)6-20/h3-5,7H,8H2,1-2H3/i1D3,2D3. The molecule has 11 heteroatoms. The van der Waals surface area contributed by atoms with Gasteiger partial charge in [-0.2, -0.15) is 28.6 Å². The van der Waals surface area contributed by atoms with Crippen molar-refractivity contribution in [1.82, 2.24) is 9.78 Å². The van der Waals surface area contributed by atoms with Crippen molar-refractivity contribution in [3.63, 3.8) is 0 Å². The van der Waals surface area contributed by atoms with Crippen LogP contribution < -0.4 is 10.6 Å². The Bertz CT molecular complexity index is 1220. The van der Waals surface area contributed by atoms with E-state index in [1.807, 2.05) is 0 Å². The summed E-state index contributed by atoms with van der Waals surface area (Å²) >= 11 is 1.59. The van der Waals surface area contributed by atoms with Gasteiger partial charge in [-0.3, -0.25) is 9.80 Å². The van der Waals surface area contributed by atoms with Crippen LogP contribution >= 0.6 is 23.5 Å². The van der Waals surface area contributed by atoms with Crippen LogP contribution in [0.3, 0.4) is 0 Å². The minimum absolute atomic E-state index is 0.0165. The summed E-state index contributed by atoms with van der Waals surface area (Å²) in [7, 11) is 0. The highest BCUT2D eigenvalue weighted by molar-refractivity contribution is 8.38. The van der Waals surface area contributed by atoms with Crippen molar-refractivity contribution >= 4 is 33.6 Å². The fraction of sp³-hybridized carbons (Fsp3) is 0.250. The first kappa shape index (κ1) is 12.9. The highest BCUT2D eigenvalue weighted by Crippen LogP contribution is 2.37. The molecule has 2 heterocycles. The zero-order valence-electron chi connectivity index (χ0n) is 19.1. The molecule has 0 saturated heterocycles. The van der Waals surface area contributed by atoms with Gasteiger partial charge in [0.1, 0.15) is 4.90 Å². The van der Waals surface area contributed by atoms with Gasteiger partial charge < -0.3 is 0 Å². The van der Waals surface area contributed by atoms with Gasteiger partial charge in [0.2, 0.25) is 0 Å². The van der Waals surface area contributed by atoms with Gasteiger partial charge in [0.25, 0.3) is 5.56 Å². The third-order valence-corrected chi connectivity index (χ3v) is 5.65. The largest absolute Gasteiger partial charge is 0.416 e. The molecule has 2 aromatic rings. The molecule has 1 aliphatic rings. The first-order valence-corrected chi connectivity index (χ1v) is 8.85. The Balaban J connectivity index is 1.96. The molecule has 0 fully saturated rings. The number of hydrazone groups is 1. The normalized spacial score (nSPS) is 18.0. The Morgan fingerprint density at radius 1 is 1.41 bits per heavy atom. The Morgan fingerprint density at radius 3 is 2.89 bits per heavy atom. The lowest BCUT2D eigenvalue weighted by Gasteiger charge is -2.22. The number of thioether (sulfide) groups is 2. The maximum Gasteiger partial charge on any atom is 0.416 e. The van der Waals surface area contributed by atoms with Gasteiger partial charge in [0.05, 0.1) is 29.1 Å². The van der Waals surface area contributed by atoms with Gasteiger partial charge in [-0.1, -0.05) is 29.6 Å². The highest BCUT2D eigenvalue weighted by atomic mass is 32.2. The molecule has 0 amide bonds. The van der Waals surface area contributed by atoms with Crippen molar-refractivity contribution in [2.24, 2.45) is 12.1 Å². The van der Waals surface area contributed by atoms with Crippen LogP contribution in [0.1, 0.15) is 24.9 Å². The molecule has 6 nitrogen and oxygen atoms in total. The summed E-state index contributed by atoms with van der Waals surface area (Å²) in [6.07, 6.45) is -3.71. The van der Waals surface area contributed by atoms with Crippen molar-refractivity contribution in [2.75, 3.05) is 12.0 Å². The van der Waals surface area contributed by atoms with E-state index in [2.05, 4.69) is 10.2 Å². The Labute approximate surface area is 169 Å². The van der Waals surface area contributed by atoms with Crippen LogP contribution in [0, 0.1) is 11.3 Å². The van der Waals surface area contributed by atoms with E-state index in [9.17, 15) is 23.2 Å². The molecule has 0 N–H and O–H groups in total. The van der Waals surface area contributed by atoms with Crippen molar-refractivity contribution in [2.45, 2.75) is 16.8 Å². The van der Waals surface area contributed by atoms with Gasteiger partial charge in [0, 0.05) is 27.9 Å². The van der Waals surface area contributed by atoms with Crippen molar-refractivity contribution in [1.29, 1.82) is 5.26 Å². The molecule has 1 aromatic heterocycles. The Hall–Kier alpha value is -2.45. The number of nitriles is 1. The highest BCUT2D eigenvalue weighted by Gasteiger charge is 2.31. The zero-order chi connectivity index (χ0) is 24.8. The molecule has 3 rings (SSSR count). The fourth-order valence-electron chi connectivity index (χ4n) is 2.10. The lowest BCUT2D eigenvalue weighted by Crippen LogP contribution is -2.27. The summed E-state index contributed by atoms with van der Waals surface area (Å²) in [6.45, 7) is -5.74. The Morgan fingerprint density at radius 2 is 2.22 bits per heavy atom. The second kappa shape index (κ2) is 7.28. The number of aryl methyl sites for hydroxylation is 1. The van der Waals surface area contributed by atoms with Gasteiger partial charge in [-0.25, -0.2) is 4.68 Å². The average molecular weight is 417 g/mol. The topological polar surface area (TPSA) is 74.3 Å². The number of alkyl halides is 3. The summed E-state index contributed by atoms with van der Waals surface area (Å²) in [6, 6.07) is 4.34. The predicted octanol–water partition coefficient (Wildman–Crippen LogP) is 3.42. The number of hydrogen-bond donors (Lipinski definition) is 0. The lowest BCUT2D eigenvalue weighted by atomic mass is 10.1. The van der Waals surface area contributed by atoms with Crippen LogP contribution in [-0.4, -0.2) is 21.1 Å². The molecule has 0 spiro atoms. The van der Waals surface area contributed by atoms with Crippen LogP contribution in [0.2, 0.25) is 0 Å². The van der Waals surface area contributed by atoms with E-state index in [1.54, 1.807) is 6.07 Å². The minimum atomic E-state index is -4.62. The third kappa shape index (κ3) is 3.96. The molecule has 1 aromatic carbocycles. The van der Waals surface area contributed by atoms with Crippen LogP contribution in [-0.2, 0) is 18.9 Å². The van der Waals surface area contributed by atoms with E-state index in [0.717, 1.165) is 30.1 Å². The molecule has 0 unspecified atom stereocenters. The molecule has 0 bridgehead atoms. The van der Waals surface area contributed by atoms with E-state index in [4.69, 9.17) is 8.22 Å². The Kier molecular flexibility index (Phi) is 3.47. The second-order valence-electron chi connectivity index (χ2n) is 5.13. The van der Waals surface area contributed by atoms with E-state index in [0.29, 0.717) is 22.8 Å². The molecule has 27 heavy (non-hydrogen) atoms. The summed E-state index contributed by atoms with van der Waals surface area (Å²) in [5.74, 6) is -0.0599. The van der Waals surface area contributed by atoms with E-state index < -0.39 is 31.3 Å². The lowest BCUT2D eigenvalue weighted by molar-refractivity contribution is -0.137. The molecular weight excluding hydrogens is 399 g/mol. The first-order valence-electron chi connectivity index (χ1n) is 10.1. The predicted molar refractivity (Wildman–Crippen MR) is 98.6 cm³/mol. The van der Waals surface area contributed by atoms with Gasteiger partial charge >= 0.3 is 6.18 Å². The summed E-state index contributed by atoms with van der Waals surface area (Å²) in [4.78, 5) is 12.4. The van der Waals surface area contributed by atoms with Gasteiger partial charge in [0.15, 0.2) is 4.38 Å². The van der Waals surface area contributed by atoms with Crippen LogP contribution in [0.25, 0.3) is 0 Å². The number of rotatable bonds is 2. The molecule has 0 aliphatic carbocycles. The fourth-order valence-corrected chi connectivity index (χ4v) is 4.15. The molecule has 0 radical (unpaired) electrons. The van der Waals surface area contributed by atoms with E-state index in [1.165, 1.54) is 0 Å². The summed E-state index contributed by atoms with van der Waals surface area (Å²) in [5.41, 5.74) is -2.23. The van der Waals surface area contributed by atoms with E-state index >= 15 is 0 Å². The van der Waals surface area contributed by atoms with Crippen molar-refractivity contribution in [3.8, 4) is 6.07 Å². The van der Waals surface area contributed by atoms with Crippen molar-refractivity contribution < 1.29 is 21.4 Å². The monoisotopic (exact) mass is 417 g/mol. The molecular formula is C16H12F3N5OS2. The van der Waals surface area contributed by atoms with Crippen LogP contribution in [0.4, 0.5) is 18.9 Å². The SMILES string of the molecule is [2H]C([2H])([2H])N1N=C(SCc2ccc(C(F)(F)F)cc2C#N)Sc2c1cnn(C([2H])([2H])[2H])c2=O. The number of aromatic nitrogens is 2. The first-order chi connectivity index (χ1) is 15.1. The number of benzene rings is 1. The summed E-state index contributed by atoms with van der Waals surface area (Å²) < 4.78 is 84.2. The van der Waals surface area contributed by atoms with E-state index in [-0.39, 0.29) is 36.5 Å². The maximum absolute atomic E-state index is 12.9.